The summed E-state index contributed by atoms with van der Waals surface area (Å²) in [5, 5.41) is 13.2. The lowest BCUT2D eigenvalue weighted by Gasteiger charge is -2.30. The molecule has 1 aliphatic heterocycles. The minimum Gasteiger partial charge on any atom is -0.481 e. The van der Waals surface area contributed by atoms with Crippen molar-refractivity contribution >= 4 is 23.4 Å². The maximum Gasteiger partial charge on any atom is 0.308 e. The van der Waals surface area contributed by atoms with Gasteiger partial charge in [0.2, 0.25) is 0 Å². The largest absolute Gasteiger partial charge is 0.481 e. The Balaban J connectivity index is 2.20. The van der Waals surface area contributed by atoms with Crippen LogP contribution in [-0.2, 0) is 10.2 Å². The molecule has 1 saturated heterocycles. The Labute approximate surface area is 122 Å². The third-order valence-corrected chi connectivity index (χ3v) is 4.16. The van der Waals surface area contributed by atoms with E-state index in [-0.39, 0.29) is 17.9 Å². The zero-order valence-corrected chi connectivity index (χ0v) is 12.7. The van der Waals surface area contributed by atoms with Gasteiger partial charge in [0.1, 0.15) is 4.88 Å². The van der Waals surface area contributed by atoms with Gasteiger partial charge in [-0.25, -0.2) is 0 Å². The number of carboxylic acid groups (broad SMARTS) is 1. The Morgan fingerprint density at radius 1 is 1.40 bits per heavy atom. The smallest absolute Gasteiger partial charge is 0.308 e. The molecule has 1 fully saturated rings. The third kappa shape index (κ3) is 2.98. The fraction of sp³-hybridized carbons (Fsp3) is 0.692. The average molecular weight is 297 g/mol. The van der Waals surface area contributed by atoms with Gasteiger partial charge in [0, 0.05) is 18.5 Å². The molecule has 1 atom stereocenters. The van der Waals surface area contributed by atoms with E-state index in [1.807, 2.05) is 20.8 Å². The van der Waals surface area contributed by atoms with E-state index in [2.05, 4.69) is 9.59 Å². The van der Waals surface area contributed by atoms with Gasteiger partial charge in [0.25, 0.3) is 5.91 Å². The van der Waals surface area contributed by atoms with Crippen molar-refractivity contribution < 1.29 is 14.7 Å². The van der Waals surface area contributed by atoms with Crippen molar-refractivity contribution in [3.05, 3.63) is 10.6 Å². The first-order chi connectivity index (χ1) is 9.30. The molecule has 0 radical (unpaired) electrons. The van der Waals surface area contributed by atoms with E-state index >= 15 is 0 Å². The Kier molecular flexibility index (Phi) is 4.08. The molecule has 0 bridgehead atoms. The molecule has 0 spiro atoms. The first-order valence-corrected chi connectivity index (χ1v) is 7.43. The predicted molar refractivity (Wildman–Crippen MR) is 74.9 cm³/mol. The fourth-order valence-electron chi connectivity index (χ4n) is 2.33. The number of hydrogen-bond acceptors (Lipinski definition) is 5. The summed E-state index contributed by atoms with van der Waals surface area (Å²) in [5.41, 5.74) is 0.435. The number of aliphatic carboxylic acids is 1. The van der Waals surface area contributed by atoms with Crippen LogP contribution in [-0.4, -0.2) is 44.6 Å². The van der Waals surface area contributed by atoms with Crippen LogP contribution in [0.25, 0.3) is 0 Å². The van der Waals surface area contributed by atoms with E-state index in [4.69, 9.17) is 5.11 Å². The average Bonchev–Trinajstić information content (AvgIpc) is 2.87. The molecular weight excluding hydrogens is 278 g/mol. The number of aromatic nitrogens is 2. The Morgan fingerprint density at radius 2 is 2.10 bits per heavy atom. The van der Waals surface area contributed by atoms with E-state index in [0.29, 0.717) is 23.5 Å². The molecule has 110 valence electrons. The van der Waals surface area contributed by atoms with Crippen molar-refractivity contribution in [1.29, 1.82) is 0 Å². The number of amides is 1. The van der Waals surface area contributed by atoms with Crippen LogP contribution in [0.2, 0.25) is 0 Å². The SMILES string of the molecule is CC(C)(C)c1nnsc1C(=O)N1CCC[C@H](C(=O)O)C1. The number of hydrogen-bond donors (Lipinski definition) is 1. The minimum absolute atomic E-state index is 0.143. The van der Waals surface area contributed by atoms with Gasteiger partial charge >= 0.3 is 5.97 Å². The maximum absolute atomic E-state index is 12.6. The molecule has 1 aliphatic rings. The van der Waals surface area contributed by atoms with E-state index < -0.39 is 11.9 Å². The zero-order chi connectivity index (χ0) is 14.9. The van der Waals surface area contributed by atoms with Crippen LogP contribution >= 0.6 is 11.5 Å². The van der Waals surface area contributed by atoms with E-state index in [1.54, 1.807) is 4.90 Å². The number of carboxylic acids is 1. The molecule has 20 heavy (non-hydrogen) atoms. The summed E-state index contributed by atoms with van der Waals surface area (Å²) in [7, 11) is 0. The zero-order valence-electron chi connectivity index (χ0n) is 11.9. The molecule has 0 saturated carbocycles. The van der Waals surface area contributed by atoms with Gasteiger partial charge in [-0.05, 0) is 24.4 Å². The molecule has 0 aromatic carbocycles. The molecule has 1 aromatic heterocycles. The van der Waals surface area contributed by atoms with Crippen molar-refractivity contribution in [1.82, 2.24) is 14.5 Å². The minimum atomic E-state index is -0.832. The first-order valence-electron chi connectivity index (χ1n) is 6.65. The van der Waals surface area contributed by atoms with Gasteiger partial charge in [-0.2, -0.15) is 0 Å². The second-order valence-corrected chi connectivity index (χ2v) is 6.88. The van der Waals surface area contributed by atoms with Crippen molar-refractivity contribution in [2.75, 3.05) is 13.1 Å². The van der Waals surface area contributed by atoms with Crippen molar-refractivity contribution in [3.8, 4) is 0 Å². The molecule has 6 nitrogen and oxygen atoms in total. The Bertz CT molecular complexity index is 521. The third-order valence-electron chi connectivity index (χ3n) is 3.45. The molecule has 7 heteroatoms. The number of carbonyl (C=O) groups excluding carboxylic acids is 1. The van der Waals surface area contributed by atoms with Gasteiger partial charge in [0.05, 0.1) is 11.6 Å². The summed E-state index contributed by atoms with van der Waals surface area (Å²) in [4.78, 5) is 25.8. The van der Waals surface area contributed by atoms with Gasteiger partial charge in [-0.1, -0.05) is 25.3 Å². The van der Waals surface area contributed by atoms with Crippen LogP contribution in [0.1, 0.15) is 49.0 Å². The number of piperidine rings is 1. The normalized spacial score (nSPS) is 19.9. The first kappa shape index (κ1) is 14.9. The molecule has 2 rings (SSSR count). The molecule has 1 aromatic rings. The van der Waals surface area contributed by atoms with Crippen LogP contribution in [0.15, 0.2) is 0 Å². The highest BCUT2D eigenvalue weighted by molar-refractivity contribution is 7.08. The highest BCUT2D eigenvalue weighted by Gasteiger charge is 2.33. The van der Waals surface area contributed by atoms with Crippen molar-refractivity contribution in [2.45, 2.75) is 39.0 Å². The van der Waals surface area contributed by atoms with Gasteiger partial charge in [-0.3, -0.25) is 9.59 Å². The summed E-state index contributed by atoms with van der Waals surface area (Å²) in [6, 6.07) is 0. The number of rotatable bonds is 2. The topological polar surface area (TPSA) is 83.4 Å². The second kappa shape index (κ2) is 5.47. The van der Waals surface area contributed by atoms with Crippen LogP contribution in [0, 0.1) is 5.92 Å². The van der Waals surface area contributed by atoms with Gasteiger partial charge in [0.15, 0.2) is 0 Å². The number of likely N-dealkylation sites (tertiary alicyclic amines) is 1. The monoisotopic (exact) mass is 297 g/mol. The lowest BCUT2D eigenvalue weighted by Crippen LogP contribution is -2.42. The summed E-state index contributed by atoms with van der Waals surface area (Å²) < 4.78 is 3.89. The summed E-state index contributed by atoms with van der Waals surface area (Å²) in [6.07, 6.45) is 1.35. The van der Waals surface area contributed by atoms with Crippen LogP contribution < -0.4 is 0 Å². The van der Waals surface area contributed by atoms with E-state index in [9.17, 15) is 9.59 Å². The standard InChI is InChI=1S/C13H19N3O3S/c1-13(2,3)10-9(20-15-14-10)11(17)16-6-4-5-8(7-16)12(18)19/h8H,4-7H2,1-3H3,(H,18,19)/t8-/m0/s1. The lowest BCUT2D eigenvalue weighted by atomic mass is 9.91. The molecule has 0 aliphatic carbocycles. The van der Waals surface area contributed by atoms with Crippen molar-refractivity contribution in [2.24, 2.45) is 5.92 Å². The van der Waals surface area contributed by atoms with Gasteiger partial charge < -0.3 is 10.0 Å². The second-order valence-electron chi connectivity index (χ2n) is 6.13. The van der Waals surface area contributed by atoms with Crippen LogP contribution in [0.3, 0.4) is 0 Å². The highest BCUT2D eigenvalue weighted by atomic mass is 32.1. The summed E-state index contributed by atoms with van der Waals surface area (Å²) >= 11 is 1.09. The molecule has 1 N–H and O–H groups in total. The van der Waals surface area contributed by atoms with Crippen LogP contribution in [0.5, 0.6) is 0 Å². The molecule has 0 unspecified atom stereocenters. The quantitative estimate of drug-likeness (QED) is 0.899. The van der Waals surface area contributed by atoms with Crippen molar-refractivity contribution in [3.63, 3.8) is 0 Å². The summed E-state index contributed by atoms with van der Waals surface area (Å²) in [6.45, 7) is 6.82. The Morgan fingerprint density at radius 3 is 2.70 bits per heavy atom. The maximum atomic E-state index is 12.6. The Hall–Kier alpha value is -1.50. The molecule has 2 heterocycles. The van der Waals surface area contributed by atoms with E-state index in [1.165, 1.54) is 0 Å². The van der Waals surface area contributed by atoms with Gasteiger partial charge in [-0.15, -0.1) is 5.10 Å². The van der Waals surface area contributed by atoms with Crippen LogP contribution in [0.4, 0.5) is 0 Å². The molecule has 1 amide bonds. The lowest BCUT2D eigenvalue weighted by molar-refractivity contribution is -0.143. The fourth-order valence-corrected chi connectivity index (χ4v) is 3.17. The number of carbonyl (C=O) groups is 2. The highest BCUT2D eigenvalue weighted by Crippen LogP contribution is 2.28. The molecular formula is C13H19N3O3S. The van der Waals surface area contributed by atoms with E-state index in [0.717, 1.165) is 18.0 Å². The predicted octanol–water partition coefficient (Wildman–Crippen LogP) is 1.77. The summed E-state index contributed by atoms with van der Waals surface area (Å²) in [5.74, 6) is -1.44. The number of nitrogens with zero attached hydrogens (tertiary/aromatic N) is 3.